The molecule has 0 amide bonds. The average molecular weight is 298 g/mol. The molecular formula is C12H16ClN5O2. The van der Waals surface area contributed by atoms with Gasteiger partial charge in [0, 0.05) is 31.3 Å². The number of rotatable bonds is 2. The number of nitrogens with two attached hydrogens (primary N) is 1. The third kappa shape index (κ3) is 2.68. The molecule has 1 aliphatic heterocycles. The summed E-state index contributed by atoms with van der Waals surface area (Å²) in [6, 6.07) is 4.80. The number of nitrogens with zero attached hydrogens (tertiary/aromatic N) is 3. The van der Waals surface area contributed by atoms with E-state index in [9.17, 15) is 10.1 Å². The zero-order valence-electron chi connectivity index (χ0n) is 10.8. The number of aromatic nitrogens is 2. The molecule has 108 valence electrons. The van der Waals surface area contributed by atoms with Gasteiger partial charge in [-0.05, 0) is 18.9 Å². The molecule has 1 fully saturated rings. The van der Waals surface area contributed by atoms with Gasteiger partial charge in [0.1, 0.15) is 0 Å². The lowest BCUT2D eigenvalue weighted by Crippen LogP contribution is -2.43. The molecule has 3 N–H and O–H groups in total. The summed E-state index contributed by atoms with van der Waals surface area (Å²) in [7, 11) is 0. The number of piperidine rings is 1. The number of nitrogens with one attached hydrogen (secondary N) is 1. The van der Waals surface area contributed by atoms with Crippen LogP contribution in [-0.2, 0) is 0 Å². The molecule has 1 aromatic carbocycles. The van der Waals surface area contributed by atoms with E-state index in [0.29, 0.717) is 5.52 Å². The second-order valence-electron chi connectivity index (χ2n) is 4.87. The van der Waals surface area contributed by atoms with Gasteiger partial charge in [0.2, 0.25) is 5.95 Å². The molecule has 0 aliphatic carbocycles. The summed E-state index contributed by atoms with van der Waals surface area (Å²) in [5, 5.41) is 10.7. The predicted octanol–water partition coefficient (Wildman–Crippen LogP) is 1.82. The normalized spacial score (nSPS) is 18.9. The van der Waals surface area contributed by atoms with Crippen molar-refractivity contribution in [3.63, 3.8) is 0 Å². The summed E-state index contributed by atoms with van der Waals surface area (Å²) in [6.07, 6.45) is 2.07. The minimum absolute atomic E-state index is 0. The number of fused-ring (bicyclic) bond motifs is 1. The number of H-pyrrole nitrogens is 1. The molecule has 0 spiro atoms. The van der Waals surface area contributed by atoms with Crippen molar-refractivity contribution in [1.82, 2.24) is 9.97 Å². The van der Waals surface area contributed by atoms with Gasteiger partial charge in [-0.25, -0.2) is 4.98 Å². The Morgan fingerprint density at radius 3 is 3.00 bits per heavy atom. The zero-order chi connectivity index (χ0) is 13.4. The van der Waals surface area contributed by atoms with Gasteiger partial charge in [-0.3, -0.25) is 10.1 Å². The SMILES string of the molecule is Cl.NC1CCCN(c2nc3ccc([N+](=O)[O-])cc3[nH]2)C1. The van der Waals surface area contributed by atoms with E-state index in [1.54, 1.807) is 6.07 Å². The van der Waals surface area contributed by atoms with E-state index in [1.807, 2.05) is 0 Å². The highest BCUT2D eigenvalue weighted by Gasteiger charge is 2.20. The molecular weight excluding hydrogens is 282 g/mol. The van der Waals surface area contributed by atoms with Crippen LogP contribution in [0.2, 0.25) is 0 Å². The van der Waals surface area contributed by atoms with Gasteiger partial charge in [-0.2, -0.15) is 0 Å². The molecule has 1 unspecified atom stereocenters. The Morgan fingerprint density at radius 1 is 1.50 bits per heavy atom. The van der Waals surface area contributed by atoms with Crippen molar-refractivity contribution in [3.05, 3.63) is 28.3 Å². The molecule has 1 aliphatic rings. The first-order chi connectivity index (χ1) is 9.13. The van der Waals surface area contributed by atoms with Gasteiger partial charge in [0.05, 0.1) is 16.0 Å². The lowest BCUT2D eigenvalue weighted by molar-refractivity contribution is -0.384. The number of aromatic amines is 1. The van der Waals surface area contributed by atoms with Crippen LogP contribution in [0.25, 0.3) is 11.0 Å². The van der Waals surface area contributed by atoms with Crippen molar-refractivity contribution in [2.24, 2.45) is 5.73 Å². The second-order valence-corrected chi connectivity index (χ2v) is 4.87. The molecule has 1 aromatic heterocycles. The number of benzene rings is 1. The highest BCUT2D eigenvalue weighted by molar-refractivity contribution is 5.85. The van der Waals surface area contributed by atoms with Crippen molar-refractivity contribution in [2.45, 2.75) is 18.9 Å². The van der Waals surface area contributed by atoms with Gasteiger partial charge in [-0.1, -0.05) is 0 Å². The quantitative estimate of drug-likeness (QED) is 0.650. The highest BCUT2D eigenvalue weighted by Crippen LogP contribution is 2.23. The van der Waals surface area contributed by atoms with Gasteiger partial charge in [-0.15, -0.1) is 12.4 Å². The Morgan fingerprint density at radius 2 is 2.30 bits per heavy atom. The van der Waals surface area contributed by atoms with E-state index in [1.165, 1.54) is 12.1 Å². The number of hydrogen-bond acceptors (Lipinski definition) is 5. The maximum atomic E-state index is 10.7. The Balaban J connectivity index is 0.00000147. The number of non-ortho nitro benzene ring substituents is 1. The zero-order valence-corrected chi connectivity index (χ0v) is 11.6. The van der Waals surface area contributed by atoms with Gasteiger partial charge >= 0.3 is 0 Å². The number of nitro benzene ring substituents is 1. The van der Waals surface area contributed by atoms with Crippen LogP contribution in [0.3, 0.4) is 0 Å². The smallest absolute Gasteiger partial charge is 0.271 e. The van der Waals surface area contributed by atoms with E-state index >= 15 is 0 Å². The van der Waals surface area contributed by atoms with Crippen LogP contribution >= 0.6 is 12.4 Å². The second kappa shape index (κ2) is 5.64. The number of nitro groups is 1. The van der Waals surface area contributed by atoms with E-state index in [-0.39, 0.29) is 24.1 Å². The summed E-state index contributed by atoms with van der Waals surface area (Å²) in [6.45, 7) is 1.68. The maximum Gasteiger partial charge on any atom is 0.271 e. The summed E-state index contributed by atoms with van der Waals surface area (Å²) >= 11 is 0. The number of hydrogen-bond donors (Lipinski definition) is 2. The average Bonchev–Trinajstić information content (AvgIpc) is 2.81. The molecule has 1 atom stereocenters. The molecule has 20 heavy (non-hydrogen) atoms. The van der Waals surface area contributed by atoms with Gasteiger partial charge in [0.25, 0.3) is 5.69 Å². The lowest BCUT2D eigenvalue weighted by Gasteiger charge is -2.30. The molecule has 0 radical (unpaired) electrons. The van der Waals surface area contributed by atoms with E-state index < -0.39 is 4.92 Å². The van der Waals surface area contributed by atoms with Crippen LogP contribution in [0.5, 0.6) is 0 Å². The van der Waals surface area contributed by atoms with Gasteiger partial charge < -0.3 is 15.6 Å². The fraction of sp³-hybridized carbons (Fsp3) is 0.417. The van der Waals surface area contributed by atoms with Crippen LogP contribution < -0.4 is 10.6 Å². The third-order valence-electron chi connectivity index (χ3n) is 3.42. The van der Waals surface area contributed by atoms with Crippen molar-refractivity contribution in [2.75, 3.05) is 18.0 Å². The first-order valence-electron chi connectivity index (χ1n) is 6.28. The Hall–Kier alpha value is -1.86. The first kappa shape index (κ1) is 14.5. The number of halogens is 1. The minimum Gasteiger partial charge on any atom is -0.341 e. The molecule has 8 heteroatoms. The molecule has 1 saturated heterocycles. The fourth-order valence-corrected chi connectivity index (χ4v) is 2.45. The summed E-state index contributed by atoms with van der Waals surface area (Å²) in [5.74, 6) is 0.741. The van der Waals surface area contributed by atoms with Crippen LogP contribution in [0.15, 0.2) is 18.2 Å². The topological polar surface area (TPSA) is 101 Å². The van der Waals surface area contributed by atoms with Crippen LogP contribution in [0, 0.1) is 10.1 Å². The third-order valence-corrected chi connectivity index (χ3v) is 3.42. The van der Waals surface area contributed by atoms with E-state index in [4.69, 9.17) is 5.73 Å². The molecule has 7 nitrogen and oxygen atoms in total. The van der Waals surface area contributed by atoms with Crippen LogP contribution in [0.4, 0.5) is 11.6 Å². The molecule has 2 heterocycles. The largest absolute Gasteiger partial charge is 0.341 e. The fourth-order valence-electron chi connectivity index (χ4n) is 2.45. The first-order valence-corrected chi connectivity index (χ1v) is 6.28. The van der Waals surface area contributed by atoms with Crippen molar-refractivity contribution < 1.29 is 4.92 Å². The van der Waals surface area contributed by atoms with Gasteiger partial charge in [0.15, 0.2) is 0 Å². The Labute approximate surface area is 121 Å². The monoisotopic (exact) mass is 297 g/mol. The Bertz CT molecular complexity index is 629. The molecule has 3 rings (SSSR count). The predicted molar refractivity (Wildman–Crippen MR) is 79.4 cm³/mol. The van der Waals surface area contributed by atoms with Crippen LogP contribution in [0.1, 0.15) is 12.8 Å². The maximum absolute atomic E-state index is 10.7. The summed E-state index contributed by atoms with van der Waals surface area (Å²) < 4.78 is 0. The number of imidazole rings is 1. The molecule has 0 saturated carbocycles. The number of anilines is 1. The standard InChI is InChI=1S/C12H15N5O2.ClH/c13-8-2-1-5-16(7-8)12-14-10-4-3-9(17(18)19)6-11(10)15-12;/h3-4,6,8H,1-2,5,7,13H2,(H,14,15);1H. The molecule has 0 bridgehead atoms. The highest BCUT2D eigenvalue weighted by atomic mass is 35.5. The Kier molecular flexibility index (Phi) is 4.10. The van der Waals surface area contributed by atoms with Crippen molar-refractivity contribution in [3.8, 4) is 0 Å². The summed E-state index contributed by atoms with van der Waals surface area (Å²) in [4.78, 5) is 20.0. The van der Waals surface area contributed by atoms with Crippen LogP contribution in [-0.4, -0.2) is 34.0 Å². The van der Waals surface area contributed by atoms with E-state index in [0.717, 1.165) is 37.4 Å². The van der Waals surface area contributed by atoms with E-state index in [2.05, 4.69) is 14.9 Å². The lowest BCUT2D eigenvalue weighted by atomic mass is 10.1. The minimum atomic E-state index is -0.406. The van der Waals surface area contributed by atoms with Crippen molar-refractivity contribution in [1.29, 1.82) is 0 Å². The summed E-state index contributed by atoms with van der Waals surface area (Å²) in [5.41, 5.74) is 7.44. The molecule has 2 aromatic rings. The van der Waals surface area contributed by atoms with Crippen molar-refractivity contribution >= 4 is 35.1 Å².